The van der Waals surface area contributed by atoms with Crippen molar-refractivity contribution in [3.63, 3.8) is 0 Å². The van der Waals surface area contributed by atoms with Crippen LogP contribution >= 0.6 is 11.3 Å². The van der Waals surface area contributed by atoms with Crippen LogP contribution in [0, 0.1) is 0 Å². The minimum absolute atomic E-state index is 0.464. The molecule has 0 N–H and O–H groups in total. The van der Waals surface area contributed by atoms with Crippen LogP contribution in [-0.4, -0.2) is 9.61 Å². The van der Waals surface area contributed by atoms with Crippen molar-refractivity contribution in [3.05, 3.63) is 70.9 Å². The van der Waals surface area contributed by atoms with Crippen molar-refractivity contribution in [2.24, 2.45) is 0 Å². The first kappa shape index (κ1) is 15.4. The van der Waals surface area contributed by atoms with Crippen molar-refractivity contribution >= 4 is 26.9 Å². The van der Waals surface area contributed by atoms with Gasteiger partial charge in [-0.25, -0.2) is 4.52 Å². The summed E-state index contributed by atoms with van der Waals surface area (Å²) in [7, 11) is 0. The van der Waals surface area contributed by atoms with Gasteiger partial charge >= 0.3 is 0 Å². The standard InChI is InChI=1S/C21H22N2S/c1-14(2)19-13-18-11-16(8-9-23(18)22-19)10-15(3)21-12-17-6-4-5-7-20(17)24-21/h4-9,11-15H,10H2,1-3H3. The number of fused-ring (bicyclic) bond motifs is 2. The van der Waals surface area contributed by atoms with E-state index in [9.17, 15) is 0 Å². The van der Waals surface area contributed by atoms with Gasteiger partial charge < -0.3 is 0 Å². The molecule has 0 radical (unpaired) electrons. The maximum Gasteiger partial charge on any atom is 0.0667 e. The third-order valence-corrected chi connectivity index (χ3v) is 5.96. The van der Waals surface area contributed by atoms with Crippen LogP contribution in [0.2, 0.25) is 0 Å². The Labute approximate surface area is 146 Å². The van der Waals surface area contributed by atoms with Crippen molar-refractivity contribution in [2.45, 2.75) is 39.0 Å². The van der Waals surface area contributed by atoms with Crippen LogP contribution in [0.3, 0.4) is 0 Å². The molecule has 0 fully saturated rings. The Morgan fingerprint density at radius 3 is 2.67 bits per heavy atom. The number of pyridine rings is 1. The van der Waals surface area contributed by atoms with Gasteiger partial charge in [-0.15, -0.1) is 11.3 Å². The van der Waals surface area contributed by atoms with Gasteiger partial charge in [-0.1, -0.05) is 39.0 Å². The van der Waals surface area contributed by atoms with Gasteiger partial charge in [-0.3, -0.25) is 0 Å². The van der Waals surface area contributed by atoms with E-state index in [0.717, 1.165) is 12.1 Å². The summed E-state index contributed by atoms with van der Waals surface area (Å²) in [6, 6.07) is 17.7. The van der Waals surface area contributed by atoms with E-state index in [2.05, 4.69) is 80.6 Å². The highest BCUT2D eigenvalue weighted by atomic mass is 32.1. The quantitative estimate of drug-likeness (QED) is 0.446. The molecule has 1 aromatic carbocycles. The lowest BCUT2D eigenvalue weighted by Gasteiger charge is -2.09. The van der Waals surface area contributed by atoms with Crippen LogP contribution in [0.5, 0.6) is 0 Å². The van der Waals surface area contributed by atoms with Gasteiger partial charge in [0.1, 0.15) is 0 Å². The minimum Gasteiger partial charge on any atom is -0.241 e. The molecule has 0 saturated carbocycles. The molecule has 122 valence electrons. The molecule has 3 heteroatoms. The Bertz CT molecular complexity index is 960. The van der Waals surface area contributed by atoms with Gasteiger partial charge in [0.05, 0.1) is 11.2 Å². The average Bonchev–Trinajstić information content (AvgIpc) is 3.18. The highest BCUT2D eigenvalue weighted by Crippen LogP contribution is 2.32. The number of aromatic nitrogens is 2. The molecule has 0 aliphatic carbocycles. The van der Waals surface area contributed by atoms with Crippen molar-refractivity contribution < 1.29 is 0 Å². The lowest BCUT2D eigenvalue weighted by molar-refractivity contribution is 0.768. The predicted molar refractivity (Wildman–Crippen MR) is 103 cm³/mol. The van der Waals surface area contributed by atoms with Crippen molar-refractivity contribution in [1.29, 1.82) is 0 Å². The molecule has 0 saturated heterocycles. The lowest BCUT2D eigenvalue weighted by Crippen LogP contribution is -1.97. The summed E-state index contributed by atoms with van der Waals surface area (Å²) >= 11 is 1.92. The van der Waals surface area contributed by atoms with Crippen LogP contribution in [0.4, 0.5) is 0 Å². The van der Waals surface area contributed by atoms with E-state index >= 15 is 0 Å². The number of benzene rings is 1. The summed E-state index contributed by atoms with van der Waals surface area (Å²) in [5, 5.41) is 6.00. The average molecular weight is 334 g/mol. The summed E-state index contributed by atoms with van der Waals surface area (Å²) in [5.41, 5.74) is 3.73. The minimum atomic E-state index is 0.464. The first-order valence-electron chi connectivity index (χ1n) is 8.57. The van der Waals surface area contributed by atoms with Crippen molar-refractivity contribution in [3.8, 4) is 0 Å². The zero-order valence-corrected chi connectivity index (χ0v) is 15.2. The fourth-order valence-corrected chi connectivity index (χ4v) is 4.28. The molecule has 1 unspecified atom stereocenters. The second-order valence-corrected chi connectivity index (χ2v) is 8.04. The van der Waals surface area contributed by atoms with Crippen LogP contribution in [0.25, 0.3) is 15.6 Å². The molecular weight excluding hydrogens is 312 g/mol. The SMILES string of the molecule is CC(C)c1cc2cc(CC(C)c3cc4ccccc4s3)ccn2n1. The maximum atomic E-state index is 4.64. The molecule has 3 aromatic heterocycles. The summed E-state index contributed by atoms with van der Waals surface area (Å²) in [5.74, 6) is 0.989. The summed E-state index contributed by atoms with van der Waals surface area (Å²) in [6.07, 6.45) is 3.15. The van der Waals surface area contributed by atoms with Gasteiger partial charge in [-0.2, -0.15) is 5.10 Å². The molecule has 2 nitrogen and oxygen atoms in total. The molecule has 0 aliphatic heterocycles. The summed E-state index contributed by atoms with van der Waals surface area (Å²) < 4.78 is 3.37. The molecule has 0 spiro atoms. The largest absolute Gasteiger partial charge is 0.241 e. The maximum absolute atomic E-state index is 4.64. The van der Waals surface area contributed by atoms with E-state index in [1.54, 1.807) is 0 Å². The third-order valence-electron chi connectivity index (χ3n) is 4.61. The summed E-state index contributed by atoms with van der Waals surface area (Å²) in [6.45, 7) is 6.70. The van der Waals surface area contributed by atoms with Gasteiger partial charge in [-0.05, 0) is 59.5 Å². The topological polar surface area (TPSA) is 17.3 Å². The van der Waals surface area contributed by atoms with Gasteiger partial charge in [0.25, 0.3) is 0 Å². The molecule has 4 rings (SSSR count). The van der Waals surface area contributed by atoms with E-state index in [1.165, 1.54) is 26.0 Å². The number of hydrogen-bond acceptors (Lipinski definition) is 2. The van der Waals surface area contributed by atoms with Gasteiger partial charge in [0.2, 0.25) is 0 Å². The Balaban J connectivity index is 1.60. The van der Waals surface area contributed by atoms with Crippen LogP contribution in [-0.2, 0) is 6.42 Å². The molecule has 3 heterocycles. The highest BCUT2D eigenvalue weighted by molar-refractivity contribution is 7.19. The van der Waals surface area contributed by atoms with Gasteiger partial charge in [0, 0.05) is 15.8 Å². The zero-order valence-electron chi connectivity index (χ0n) is 14.4. The molecular formula is C21H22N2S. The molecule has 4 aromatic rings. The molecule has 0 aliphatic rings. The predicted octanol–water partition coefficient (Wildman–Crippen LogP) is 6.02. The van der Waals surface area contributed by atoms with Crippen LogP contribution in [0.15, 0.2) is 54.7 Å². The van der Waals surface area contributed by atoms with Gasteiger partial charge in [0.15, 0.2) is 0 Å². The Kier molecular flexibility index (Phi) is 3.89. The van der Waals surface area contributed by atoms with Crippen molar-refractivity contribution in [1.82, 2.24) is 9.61 Å². The fraction of sp³-hybridized carbons (Fsp3) is 0.286. The van der Waals surface area contributed by atoms with Crippen LogP contribution in [0.1, 0.15) is 48.7 Å². The second kappa shape index (κ2) is 6.06. The monoisotopic (exact) mass is 334 g/mol. The van der Waals surface area contributed by atoms with E-state index in [4.69, 9.17) is 0 Å². The number of hydrogen-bond donors (Lipinski definition) is 0. The third kappa shape index (κ3) is 2.84. The molecule has 1 atom stereocenters. The van der Waals surface area contributed by atoms with Crippen molar-refractivity contribution in [2.75, 3.05) is 0 Å². The first-order valence-corrected chi connectivity index (χ1v) is 9.38. The lowest BCUT2D eigenvalue weighted by atomic mass is 9.99. The number of thiophene rings is 1. The van der Waals surface area contributed by atoms with E-state index < -0.39 is 0 Å². The van der Waals surface area contributed by atoms with Crippen LogP contribution < -0.4 is 0 Å². The van der Waals surface area contributed by atoms with E-state index in [-0.39, 0.29) is 0 Å². The Hall–Kier alpha value is -2.13. The molecule has 24 heavy (non-hydrogen) atoms. The highest BCUT2D eigenvalue weighted by Gasteiger charge is 2.12. The Morgan fingerprint density at radius 2 is 1.88 bits per heavy atom. The van der Waals surface area contributed by atoms with E-state index in [1.807, 2.05) is 15.9 Å². The number of rotatable bonds is 4. The Morgan fingerprint density at radius 1 is 1.04 bits per heavy atom. The molecule has 0 amide bonds. The zero-order chi connectivity index (χ0) is 16.7. The summed E-state index contributed by atoms with van der Waals surface area (Å²) in [4.78, 5) is 1.47. The normalized spacial score (nSPS) is 13.2. The smallest absolute Gasteiger partial charge is 0.0667 e. The fourth-order valence-electron chi connectivity index (χ4n) is 3.17. The second-order valence-electron chi connectivity index (χ2n) is 6.92. The number of nitrogens with zero attached hydrogens (tertiary/aromatic N) is 2. The molecule has 0 bridgehead atoms. The first-order chi connectivity index (χ1) is 11.6. The van der Waals surface area contributed by atoms with E-state index in [0.29, 0.717) is 11.8 Å².